The van der Waals surface area contributed by atoms with Crippen molar-refractivity contribution in [2.24, 2.45) is 5.92 Å². The second-order valence-corrected chi connectivity index (χ2v) is 9.07. The number of carbonyl (C=O) groups is 2. The normalized spacial score (nSPS) is 18.2. The SMILES string of the molecule is CCOc1ccc(CN2CCc3c(C(=O)OC)c(OCC4CC(=O)N(C)C4)cc(=O)n3CC2)cc1. The number of ether oxygens (including phenoxy) is 3. The van der Waals surface area contributed by atoms with Crippen LogP contribution in [0.25, 0.3) is 0 Å². The average molecular weight is 484 g/mol. The van der Waals surface area contributed by atoms with E-state index < -0.39 is 5.97 Å². The Morgan fingerprint density at radius 3 is 2.51 bits per heavy atom. The lowest BCUT2D eigenvalue weighted by Gasteiger charge is -2.19. The van der Waals surface area contributed by atoms with Crippen LogP contribution in [0.1, 0.15) is 35.0 Å². The number of esters is 1. The molecule has 0 spiro atoms. The van der Waals surface area contributed by atoms with Gasteiger partial charge in [-0.15, -0.1) is 0 Å². The zero-order chi connectivity index (χ0) is 24.9. The van der Waals surface area contributed by atoms with Crippen molar-refractivity contribution in [2.45, 2.75) is 32.9 Å². The van der Waals surface area contributed by atoms with E-state index in [4.69, 9.17) is 14.2 Å². The highest BCUT2D eigenvalue weighted by molar-refractivity contribution is 5.93. The van der Waals surface area contributed by atoms with Gasteiger partial charge in [-0.3, -0.25) is 14.5 Å². The second-order valence-electron chi connectivity index (χ2n) is 9.07. The van der Waals surface area contributed by atoms with Gasteiger partial charge < -0.3 is 23.7 Å². The van der Waals surface area contributed by atoms with Crippen molar-refractivity contribution in [3.8, 4) is 11.5 Å². The van der Waals surface area contributed by atoms with Gasteiger partial charge in [0.05, 0.1) is 20.3 Å². The number of rotatable bonds is 8. The van der Waals surface area contributed by atoms with E-state index in [1.807, 2.05) is 31.2 Å². The van der Waals surface area contributed by atoms with E-state index in [0.29, 0.717) is 56.9 Å². The zero-order valence-electron chi connectivity index (χ0n) is 20.6. The van der Waals surface area contributed by atoms with Crippen molar-refractivity contribution in [3.05, 3.63) is 57.5 Å². The minimum Gasteiger partial charge on any atom is -0.494 e. The number of likely N-dealkylation sites (tertiary alicyclic amines) is 1. The number of benzene rings is 1. The monoisotopic (exact) mass is 483 g/mol. The highest BCUT2D eigenvalue weighted by atomic mass is 16.5. The molecule has 2 aromatic rings. The molecule has 1 aromatic carbocycles. The van der Waals surface area contributed by atoms with Crippen LogP contribution in [0.15, 0.2) is 35.1 Å². The maximum Gasteiger partial charge on any atom is 0.343 e. The zero-order valence-corrected chi connectivity index (χ0v) is 20.6. The summed E-state index contributed by atoms with van der Waals surface area (Å²) in [6.45, 7) is 6.00. The summed E-state index contributed by atoms with van der Waals surface area (Å²) in [4.78, 5) is 41.6. The van der Waals surface area contributed by atoms with Gasteiger partial charge in [0.15, 0.2) is 0 Å². The average Bonchev–Trinajstić information content (AvgIpc) is 3.03. The van der Waals surface area contributed by atoms with Crippen LogP contribution in [0.3, 0.4) is 0 Å². The van der Waals surface area contributed by atoms with Gasteiger partial charge in [-0.1, -0.05) is 12.1 Å². The van der Waals surface area contributed by atoms with E-state index in [0.717, 1.165) is 17.9 Å². The Morgan fingerprint density at radius 2 is 1.86 bits per heavy atom. The fourth-order valence-electron chi connectivity index (χ4n) is 4.78. The van der Waals surface area contributed by atoms with Crippen LogP contribution in [-0.2, 0) is 29.0 Å². The third-order valence-corrected chi connectivity index (χ3v) is 6.61. The van der Waals surface area contributed by atoms with Crippen LogP contribution < -0.4 is 15.0 Å². The Labute approximate surface area is 205 Å². The number of nitrogens with zero attached hydrogens (tertiary/aromatic N) is 3. The van der Waals surface area contributed by atoms with Crippen molar-refractivity contribution < 1.29 is 23.8 Å². The van der Waals surface area contributed by atoms with Gasteiger partial charge in [0, 0.05) is 70.3 Å². The molecule has 0 N–H and O–H groups in total. The first-order chi connectivity index (χ1) is 16.9. The summed E-state index contributed by atoms with van der Waals surface area (Å²) in [5.74, 6) is 0.638. The van der Waals surface area contributed by atoms with Gasteiger partial charge in [-0.25, -0.2) is 4.79 Å². The van der Waals surface area contributed by atoms with Crippen molar-refractivity contribution in [1.82, 2.24) is 14.4 Å². The molecular formula is C26H33N3O6. The van der Waals surface area contributed by atoms with Gasteiger partial charge in [-0.2, -0.15) is 0 Å². The number of methoxy groups -OCH3 is 1. The molecule has 0 radical (unpaired) electrons. The van der Waals surface area contributed by atoms with Crippen molar-refractivity contribution in [3.63, 3.8) is 0 Å². The molecule has 9 heteroatoms. The lowest BCUT2D eigenvalue weighted by atomic mass is 10.1. The van der Waals surface area contributed by atoms with Crippen LogP contribution in [0.5, 0.6) is 11.5 Å². The van der Waals surface area contributed by atoms with Crippen LogP contribution >= 0.6 is 0 Å². The molecular weight excluding hydrogens is 450 g/mol. The predicted molar refractivity (Wildman–Crippen MR) is 130 cm³/mol. The molecule has 1 aromatic heterocycles. The summed E-state index contributed by atoms with van der Waals surface area (Å²) in [6, 6.07) is 9.39. The highest BCUT2D eigenvalue weighted by Crippen LogP contribution is 2.26. The fourth-order valence-corrected chi connectivity index (χ4v) is 4.78. The highest BCUT2D eigenvalue weighted by Gasteiger charge is 2.30. The minimum atomic E-state index is -0.525. The molecule has 9 nitrogen and oxygen atoms in total. The quantitative estimate of drug-likeness (QED) is 0.530. The topological polar surface area (TPSA) is 90.3 Å². The number of amides is 1. The Kier molecular flexibility index (Phi) is 7.75. The molecule has 2 aliphatic heterocycles. The van der Waals surface area contributed by atoms with Crippen molar-refractivity contribution >= 4 is 11.9 Å². The van der Waals surface area contributed by atoms with E-state index in [1.165, 1.54) is 13.2 Å². The lowest BCUT2D eigenvalue weighted by Crippen LogP contribution is -2.29. The molecule has 0 saturated carbocycles. The maximum atomic E-state index is 13.0. The third-order valence-electron chi connectivity index (χ3n) is 6.61. The molecule has 1 amide bonds. The second kappa shape index (κ2) is 10.9. The first-order valence-electron chi connectivity index (χ1n) is 12.1. The summed E-state index contributed by atoms with van der Waals surface area (Å²) < 4.78 is 18.2. The number of carbonyl (C=O) groups excluding carboxylic acids is 2. The van der Waals surface area contributed by atoms with E-state index in [-0.39, 0.29) is 29.7 Å². The van der Waals surface area contributed by atoms with Crippen molar-refractivity contribution in [2.75, 3.05) is 47.0 Å². The molecule has 1 saturated heterocycles. The van der Waals surface area contributed by atoms with E-state index in [2.05, 4.69) is 4.90 Å². The third kappa shape index (κ3) is 5.67. The number of aromatic nitrogens is 1. The summed E-state index contributed by atoms with van der Waals surface area (Å²) in [5, 5.41) is 0. The summed E-state index contributed by atoms with van der Waals surface area (Å²) in [5.41, 5.74) is 1.88. The van der Waals surface area contributed by atoms with Gasteiger partial charge in [-0.05, 0) is 24.6 Å². The fraction of sp³-hybridized carbons (Fsp3) is 0.500. The van der Waals surface area contributed by atoms with Gasteiger partial charge in [0.1, 0.15) is 17.1 Å². The molecule has 188 valence electrons. The van der Waals surface area contributed by atoms with E-state index in [9.17, 15) is 14.4 Å². The smallest absolute Gasteiger partial charge is 0.343 e. The Bertz CT molecular complexity index is 1130. The van der Waals surface area contributed by atoms with Gasteiger partial charge in [0.25, 0.3) is 5.56 Å². The van der Waals surface area contributed by atoms with E-state index in [1.54, 1.807) is 16.5 Å². The largest absolute Gasteiger partial charge is 0.494 e. The Morgan fingerprint density at radius 1 is 1.09 bits per heavy atom. The van der Waals surface area contributed by atoms with Crippen LogP contribution in [0.2, 0.25) is 0 Å². The van der Waals surface area contributed by atoms with Gasteiger partial charge >= 0.3 is 5.97 Å². The molecule has 2 aliphatic rings. The number of hydrogen-bond acceptors (Lipinski definition) is 7. The molecule has 3 heterocycles. The molecule has 1 atom stereocenters. The Hall–Kier alpha value is -3.33. The number of hydrogen-bond donors (Lipinski definition) is 0. The lowest BCUT2D eigenvalue weighted by molar-refractivity contribution is -0.126. The van der Waals surface area contributed by atoms with Crippen LogP contribution in [-0.4, -0.2) is 73.2 Å². The van der Waals surface area contributed by atoms with Crippen LogP contribution in [0.4, 0.5) is 0 Å². The minimum absolute atomic E-state index is 0.0177. The van der Waals surface area contributed by atoms with E-state index >= 15 is 0 Å². The predicted octanol–water partition coefficient (Wildman–Crippen LogP) is 1.95. The molecule has 1 unspecified atom stereocenters. The number of pyridine rings is 1. The van der Waals surface area contributed by atoms with Crippen LogP contribution in [0, 0.1) is 5.92 Å². The molecule has 0 aliphatic carbocycles. The van der Waals surface area contributed by atoms with Gasteiger partial charge in [0.2, 0.25) is 5.91 Å². The first-order valence-corrected chi connectivity index (χ1v) is 12.1. The first kappa shape index (κ1) is 24.8. The summed E-state index contributed by atoms with van der Waals surface area (Å²) >= 11 is 0. The summed E-state index contributed by atoms with van der Waals surface area (Å²) in [6.07, 6.45) is 0.910. The van der Waals surface area contributed by atoms with Crippen molar-refractivity contribution in [1.29, 1.82) is 0 Å². The molecule has 1 fully saturated rings. The molecule has 0 bridgehead atoms. The maximum absolute atomic E-state index is 13.0. The molecule has 35 heavy (non-hydrogen) atoms. The number of fused-ring (bicyclic) bond motifs is 1. The standard InChI is InChI=1S/C26H33N3O6/c1-4-34-20-7-5-18(6-8-20)16-28-10-9-21-25(26(32)33-3)22(14-24(31)29(21)12-11-28)35-17-19-13-23(30)27(2)15-19/h5-8,14,19H,4,9-13,15-17H2,1-3H3. The molecule has 4 rings (SSSR count). The Balaban J connectivity index is 1.52. The summed E-state index contributed by atoms with van der Waals surface area (Å²) in [7, 11) is 3.09.